The van der Waals surface area contributed by atoms with E-state index in [0.717, 1.165) is 69.6 Å². The minimum absolute atomic E-state index is 0.00423. The number of hydrogen-bond acceptors (Lipinski definition) is 10. The van der Waals surface area contributed by atoms with Gasteiger partial charge < -0.3 is 21.1 Å². The van der Waals surface area contributed by atoms with Crippen molar-refractivity contribution in [2.24, 2.45) is 60.7 Å². The first kappa shape index (κ1) is 49.1. The van der Waals surface area contributed by atoms with Gasteiger partial charge in [-0.3, -0.25) is 10.1 Å². The lowest BCUT2D eigenvalue weighted by molar-refractivity contribution is -0.185. The number of hydrogen-bond donors (Lipinski definition) is 4. The number of aliphatic imine (C=N–C) groups is 1. The molecule has 2 aromatic heterocycles. The molecule has 14 rings (SSSR count). The van der Waals surface area contributed by atoms with Crippen LogP contribution < -0.4 is 16.4 Å². The molecule has 12 bridgehead atoms. The fourth-order valence-electron chi connectivity index (χ4n) is 18.4. The van der Waals surface area contributed by atoms with E-state index in [1.807, 2.05) is 16.8 Å². The number of carbonyl (C=O) groups is 2. The molecule has 12 fully saturated rings. The molecule has 13 heteroatoms. The van der Waals surface area contributed by atoms with E-state index >= 15 is 0 Å². The maximum Gasteiger partial charge on any atom is 0.321 e. The number of urea groups is 1. The lowest BCUT2D eigenvalue weighted by atomic mass is 9.40. The number of amides is 2. The molecule has 12 aliphatic rings. The van der Waals surface area contributed by atoms with Crippen molar-refractivity contribution in [1.29, 1.82) is 0 Å². The lowest BCUT2D eigenvalue weighted by Gasteiger charge is -2.65. The summed E-state index contributed by atoms with van der Waals surface area (Å²) in [4.78, 5) is 48.9. The van der Waals surface area contributed by atoms with Crippen molar-refractivity contribution in [3.8, 4) is 0 Å². The summed E-state index contributed by atoms with van der Waals surface area (Å²) in [5, 5.41) is 20.7. The maximum atomic E-state index is 12.3. The average Bonchev–Trinajstić information content (AvgIpc) is 3.83. The van der Waals surface area contributed by atoms with Crippen molar-refractivity contribution in [3.63, 3.8) is 0 Å². The Morgan fingerprint density at radius 3 is 1.48 bits per heavy atom. The van der Waals surface area contributed by atoms with Crippen LogP contribution in [0.25, 0.3) is 0 Å². The number of nitrogens with zero attached hydrogens (tertiary/aromatic N) is 4. The van der Waals surface area contributed by atoms with Gasteiger partial charge in [-0.2, -0.15) is 4.99 Å². The summed E-state index contributed by atoms with van der Waals surface area (Å²) >= 11 is 2.90. The molecule has 6 unspecified atom stereocenters. The molecule has 2 aromatic rings. The number of nitrogens with two attached hydrogens (primary N) is 1. The highest BCUT2D eigenvalue weighted by molar-refractivity contribution is 7.13. The van der Waals surface area contributed by atoms with Crippen LogP contribution >= 0.6 is 22.7 Å². The minimum Gasteiger partial charge on any atom is -0.481 e. The predicted molar refractivity (Wildman–Crippen MR) is 260 cm³/mol. The third kappa shape index (κ3) is 10.9. The second kappa shape index (κ2) is 18.0. The first-order chi connectivity index (χ1) is 29.9. The van der Waals surface area contributed by atoms with Crippen molar-refractivity contribution < 1.29 is 19.5 Å². The molecule has 0 radical (unpaired) electrons. The van der Waals surface area contributed by atoms with Crippen molar-refractivity contribution in [1.82, 2.24) is 20.2 Å². The molecule has 2 amide bonds. The molecule has 12 saturated carbocycles. The molecule has 64 heavy (non-hydrogen) atoms. The van der Waals surface area contributed by atoms with Crippen molar-refractivity contribution in [2.75, 3.05) is 30.7 Å². The van der Waals surface area contributed by atoms with Crippen LogP contribution in [0.3, 0.4) is 0 Å². The summed E-state index contributed by atoms with van der Waals surface area (Å²) in [7, 11) is 0. The number of carbonyl (C=O) groups excluding carboxylic acids is 2. The van der Waals surface area contributed by atoms with Crippen molar-refractivity contribution >= 4 is 51.0 Å². The van der Waals surface area contributed by atoms with E-state index in [0.29, 0.717) is 48.7 Å². The highest BCUT2D eigenvalue weighted by Gasteiger charge is 2.64. The highest BCUT2D eigenvalue weighted by atomic mass is 32.1. The quantitative estimate of drug-likeness (QED) is 0.158. The summed E-state index contributed by atoms with van der Waals surface area (Å²) in [6.45, 7) is 24.4. The average molecular weight is 920 g/mol. The van der Waals surface area contributed by atoms with Gasteiger partial charge in [0.15, 0.2) is 10.3 Å². The third-order valence-electron chi connectivity index (χ3n) is 17.4. The Morgan fingerprint density at radius 2 is 1.14 bits per heavy atom. The first-order valence-electron chi connectivity index (χ1n) is 24.6. The van der Waals surface area contributed by atoms with E-state index in [4.69, 9.17) is 5.73 Å². The zero-order valence-corrected chi connectivity index (χ0v) is 42.4. The fourth-order valence-corrected chi connectivity index (χ4v) is 19.3. The Hall–Kier alpha value is -2.86. The van der Waals surface area contributed by atoms with Crippen LogP contribution in [0.15, 0.2) is 28.1 Å². The Balaban J connectivity index is 0.000000128. The van der Waals surface area contributed by atoms with Crippen molar-refractivity contribution in [2.45, 2.75) is 189 Å². The van der Waals surface area contributed by atoms with Gasteiger partial charge in [-0.25, -0.2) is 19.6 Å². The van der Waals surface area contributed by atoms with Crippen molar-refractivity contribution in [3.05, 3.63) is 23.2 Å². The molecular formula is C51H81N7O4S2. The van der Waals surface area contributed by atoms with Gasteiger partial charge >= 0.3 is 12.0 Å². The Labute approximate surface area is 392 Å². The molecular weight excluding hydrogens is 839 g/mol. The summed E-state index contributed by atoms with van der Waals surface area (Å²) in [5.41, 5.74) is 7.20. The first-order valence-corrected chi connectivity index (χ1v) is 26.4. The number of anilines is 2. The van der Waals surface area contributed by atoms with E-state index in [1.165, 1.54) is 100 Å². The van der Waals surface area contributed by atoms with Crippen LogP contribution in [0.5, 0.6) is 0 Å². The second-order valence-electron chi connectivity index (χ2n) is 25.1. The van der Waals surface area contributed by atoms with Crippen LogP contribution in [0.1, 0.15) is 178 Å². The molecule has 2 heterocycles. The second-order valence-corrected chi connectivity index (χ2v) is 26.9. The van der Waals surface area contributed by atoms with Crippen LogP contribution in [0.2, 0.25) is 0 Å². The molecule has 356 valence electrons. The van der Waals surface area contributed by atoms with Crippen LogP contribution in [0.4, 0.5) is 15.1 Å². The van der Waals surface area contributed by atoms with E-state index in [2.05, 4.69) is 92.8 Å². The number of thiazole rings is 2. The normalized spacial score (nSPS) is 42.9. The van der Waals surface area contributed by atoms with Gasteiger partial charge in [-0.05, 0) is 185 Å². The number of rotatable bonds is 7. The molecule has 0 aliphatic heterocycles. The number of carboxylic acid groups (broad SMARTS) is 1. The van der Waals surface area contributed by atoms with Gasteiger partial charge in [0.25, 0.3) is 0 Å². The number of nitrogen functional groups attached to an aromatic ring is 1. The van der Waals surface area contributed by atoms with E-state index in [1.54, 1.807) is 12.4 Å². The van der Waals surface area contributed by atoms with Gasteiger partial charge in [-0.15, -0.1) is 22.7 Å². The van der Waals surface area contributed by atoms with Gasteiger partial charge in [-0.1, -0.05) is 62.3 Å². The molecule has 0 aromatic carbocycles. The van der Waals surface area contributed by atoms with Crippen LogP contribution in [-0.2, 0) is 9.59 Å². The number of aromatic nitrogens is 2. The number of nitrogens with one attached hydrogen (secondary N) is 2. The van der Waals surface area contributed by atoms with Crippen LogP contribution in [0, 0.1) is 55.7 Å². The zero-order chi connectivity index (χ0) is 46.5. The monoisotopic (exact) mass is 920 g/mol. The lowest BCUT2D eigenvalue weighted by Crippen LogP contribution is -2.65. The van der Waals surface area contributed by atoms with Gasteiger partial charge in [0.1, 0.15) is 0 Å². The summed E-state index contributed by atoms with van der Waals surface area (Å²) in [6.07, 6.45) is 26.8. The van der Waals surface area contributed by atoms with Gasteiger partial charge in [0.2, 0.25) is 6.08 Å². The maximum absolute atomic E-state index is 12.3. The molecule has 5 N–H and O–H groups in total. The van der Waals surface area contributed by atoms with Gasteiger partial charge in [0, 0.05) is 28.7 Å². The summed E-state index contributed by atoms with van der Waals surface area (Å²) in [5.74, 6) is 1.76. The Morgan fingerprint density at radius 1 is 0.688 bits per heavy atom. The molecule has 11 nitrogen and oxygen atoms in total. The summed E-state index contributed by atoms with van der Waals surface area (Å²) < 4.78 is 0. The standard InChI is InChI=1S/C16H23N3OS.C13H19NO.C13H20O2.C6H15N.C3H4N2S/c1-14-5-11-6-15(2,8-14)10-16(7-11,9-14)19-12(20)18-13-17-3-4-21-13;1-11-3-10-4-12(2,6-11)8-13(5-10,7-11)14-9-15;1-11-3-9-4-12(2,6-11)8-13(5-9,7-11)10(14)15;1-4-7(5-2)6-3;4-3-5-1-2-6-3/h3-4,11H,5-10H2,1-2H3,(H2,17,18,19,20);10H,3-8H2,1-2H3;9H,3-8H2,1-2H3,(H,14,15);4-6H2,1-3H3;1-2H,(H2,4,5). The predicted octanol–water partition coefficient (Wildman–Crippen LogP) is 12.2. The van der Waals surface area contributed by atoms with Crippen LogP contribution in [-0.4, -0.2) is 68.8 Å². The van der Waals surface area contributed by atoms with Gasteiger partial charge in [0.05, 0.1) is 11.0 Å². The van der Waals surface area contributed by atoms with E-state index < -0.39 is 5.97 Å². The topological polar surface area (TPSA) is 163 Å². The minimum atomic E-state index is -0.524. The largest absolute Gasteiger partial charge is 0.481 e. The Bertz CT molecular complexity index is 1880. The SMILES string of the molecule is CC12CC3CC(C)(C1)CC(C(=O)O)(C3)C2.CC12CC3CC(C)(C1)CC(N=C=O)(C3)C2.CC12CC3CC(C)(C1)CC(NC(=O)Nc1nccs1)(C3)C2.CCN(CC)CC.Nc1nccs1. The van der Waals surface area contributed by atoms with E-state index in [9.17, 15) is 19.5 Å². The third-order valence-corrected chi connectivity index (χ3v) is 18.7. The number of isocyanates is 1. The number of aliphatic carboxylic acids is 1. The molecule has 0 spiro atoms. The molecule has 0 saturated heterocycles. The smallest absolute Gasteiger partial charge is 0.321 e. The Kier molecular flexibility index (Phi) is 13.8. The molecule has 12 aliphatic carbocycles. The summed E-state index contributed by atoms with van der Waals surface area (Å²) in [6, 6.07) is -0.0842. The number of carboxylic acids is 1. The fraction of sp³-hybridized carbons (Fsp3) is 0.824. The molecule has 6 atom stereocenters. The zero-order valence-electron chi connectivity index (χ0n) is 40.7. The van der Waals surface area contributed by atoms with E-state index in [-0.39, 0.29) is 22.5 Å². The highest BCUT2D eigenvalue weighted by Crippen LogP contribution is 2.70.